The minimum atomic E-state index is -0.531. The molecule has 268 valence electrons. The first-order valence-corrected chi connectivity index (χ1v) is 19.1. The highest BCUT2D eigenvalue weighted by molar-refractivity contribution is 7.22. The number of ether oxygens (including phenoxy) is 3. The van der Waals surface area contributed by atoms with Crippen molar-refractivity contribution in [1.82, 2.24) is 19.7 Å². The molecule has 9 nitrogen and oxygen atoms in total. The Hall–Kier alpha value is -3.99. The second kappa shape index (κ2) is 14.6. The van der Waals surface area contributed by atoms with Crippen LogP contribution in [-0.2, 0) is 25.4 Å². The summed E-state index contributed by atoms with van der Waals surface area (Å²) in [6.07, 6.45) is 4.50. The number of benzene rings is 3. The highest BCUT2D eigenvalue weighted by Crippen LogP contribution is 2.43. The molecule has 0 N–H and O–H groups in total. The van der Waals surface area contributed by atoms with Gasteiger partial charge in [0.05, 0.1) is 34.5 Å². The van der Waals surface area contributed by atoms with Crippen LogP contribution in [0.5, 0.6) is 0 Å². The van der Waals surface area contributed by atoms with E-state index in [4.69, 9.17) is 35.9 Å². The van der Waals surface area contributed by atoms with Gasteiger partial charge in [-0.15, -0.1) is 11.3 Å². The Morgan fingerprint density at radius 1 is 1.02 bits per heavy atom. The fourth-order valence-electron chi connectivity index (χ4n) is 7.26. The van der Waals surface area contributed by atoms with Crippen LogP contribution >= 0.6 is 22.9 Å². The molecule has 2 aliphatic heterocycles. The Balaban J connectivity index is 1.29. The van der Waals surface area contributed by atoms with Gasteiger partial charge in [-0.1, -0.05) is 23.7 Å². The standard InChI is InChI=1S/C40H45ClN4O5S/c1-6-48-34(46)23-29-24(2)21-31-37(35(29)25-10-13-28(41)14-11-25)51-38(42-31)27-12-15-32-30(22-27)36(43-45(32)33-9-7-8-20-49-33)26-16-18-44(19-17-26)39(47)50-40(3,4)5/h10-15,21-22,26,33H,6-9,16-20,23H2,1-5H3. The van der Waals surface area contributed by atoms with E-state index in [1.165, 1.54) is 0 Å². The number of rotatable bonds is 7. The number of amides is 1. The molecule has 2 fully saturated rings. The molecule has 1 atom stereocenters. The summed E-state index contributed by atoms with van der Waals surface area (Å²) in [5, 5.41) is 7.89. The number of halogens is 1. The van der Waals surface area contributed by atoms with E-state index >= 15 is 0 Å². The summed E-state index contributed by atoms with van der Waals surface area (Å²) in [6.45, 7) is 11.8. The van der Waals surface area contributed by atoms with Gasteiger partial charge in [-0.05, 0) is 120 Å². The predicted octanol–water partition coefficient (Wildman–Crippen LogP) is 9.86. The van der Waals surface area contributed by atoms with Crippen molar-refractivity contribution >= 4 is 56.1 Å². The lowest BCUT2D eigenvalue weighted by Crippen LogP contribution is -2.41. The van der Waals surface area contributed by atoms with Crippen LogP contribution in [0.1, 0.15) is 88.8 Å². The first-order valence-electron chi connectivity index (χ1n) is 18.0. The van der Waals surface area contributed by atoms with Crippen LogP contribution in [0.3, 0.4) is 0 Å². The van der Waals surface area contributed by atoms with Crippen LogP contribution in [0.4, 0.5) is 4.79 Å². The number of likely N-dealkylation sites (tertiary alicyclic amines) is 1. The third kappa shape index (κ3) is 7.50. The lowest BCUT2D eigenvalue weighted by molar-refractivity contribution is -0.142. The maximum Gasteiger partial charge on any atom is 0.410 e. The summed E-state index contributed by atoms with van der Waals surface area (Å²) in [5.41, 5.74) is 7.33. The van der Waals surface area contributed by atoms with E-state index in [1.807, 2.05) is 63.8 Å². The Bertz CT molecular complexity index is 2070. The van der Waals surface area contributed by atoms with Crippen molar-refractivity contribution in [1.29, 1.82) is 0 Å². The molecule has 2 aromatic heterocycles. The summed E-state index contributed by atoms with van der Waals surface area (Å²) in [6, 6.07) is 16.3. The van der Waals surface area contributed by atoms with Gasteiger partial charge in [0.1, 0.15) is 10.6 Å². The van der Waals surface area contributed by atoms with Crippen LogP contribution in [0.15, 0.2) is 48.5 Å². The molecule has 5 aromatic rings. The normalized spacial score (nSPS) is 17.3. The predicted molar refractivity (Wildman–Crippen MR) is 202 cm³/mol. The van der Waals surface area contributed by atoms with Crippen LogP contribution in [0.2, 0.25) is 5.02 Å². The fraction of sp³-hybridized carbons (Fsp3) is 0.450. The number of hydrogen-bond donors (Lipinski definition) is 0. The minimum Gasteiger partial charge on any atom is -0.466 e. The molecule has 0 bridgehead atoms. The van der Waals surface area contributed by atoms with Crippen molar-refractivity contribution in [2.24, 2.45) is 0 Å². The molecule has 1 amide bonds. The minimum absolute atomic E-state index is 0.104. The van der Waals surface area contributed by atoms with Gasteiger partial charge in [0.2, 0.25) is 0 Å². The molecule has 0 aliphatic carbocycles. The van der Waals surface area contributed by atoms with E-state index in [0.717, 1.165) is 98.3 Å². The number of esters is 1. The number of piperidine rings is 1. The molecular weight excluding hydrogens is 684 g/mol. The average Bonchev–Trinajstić information content (AvgIpc) is 3.70. The zero-order valence-corrected chi connectivity index (χ0v) is 31.5. The maximum absolute atomic E-state index is 12.8. The molecule has 0 radical (unpaired) electrons. The maximum atomic E-state index is 12.8. The van der Waals surface area contributed by atoms with Gasteiger partial charge in [0.25, 0.3) is 0 Å². The molecule has 1 unspecified atom stereocenters. The lowest BCUT2D eigenvalue weighted by atomic mass is 9.91. The summed E-state index contributed by atoms with van der Waals surface area (Å²) < 4.78 is 20.4. The van der Waals surface area contributed by atoms with Gasteiger partial charge < -0.3 is 19.1 Å². The number of hydrogen-bond acceptors (Lipinski definition) is 8. The van der Waals surface area contributed by atoms with E-state index in [-0.39, 0.29) is 30.6 Å². The highest BCUT2D eigenvalue weighted by Gasteiger charge is 2.31. The zero-order valence-electron chi connectivity index (χ0n) is 30.0. The number of aromatic nitrogens is 3. The van der Waals surface area contributed by atoms with Crippen molar-refractivity contribution in [3.8, 4) is 21.7 Å². The van der Waals surface area contributed by atoms with Gasteiger partial charge in [-0.25, -0.2) is 14.5 Å². The molecule has 0 saturated carbocycles. The summed E-state index contributed by atoms with van der Waals surface area (Å²) >= 11 is 7.91. The van der Waals surface area contributed by atoms with Gasteiger partial charge in [-0.2, -0.15) is 5.10 Å². The number of nitrogens with zero attached hydrogens (tertiary/aromatic N) is 4. The SMILES string of the molecule is CCOC(=O)Cc1c(C)cc2nc(-c3ccc4c(c3)c(C3CCN(C(=O)OC(C)(C)C)CC3)nn4C3CCCCO3)sc2c1-c1ccc(Cl)cc1. The van der Waals surface area contributed by atoms with Crippen molar-refractivity contribution in [2.75, 3.05) is 26.3 Å². The van der Waals surface area contributed by atoms with Gasteiger partial charge >= 0.3 is 12.1 Å². The van der Waals surface area contributed by atoms with Crippen LogP contribution in [0.25, 0.3) is 42.8 Å². The first kappa shape index (κ1) is 35.4. The Morgan fingerprint density at radius 2 is 1.76 bits per heavy atom. The second-order valence-corrected chi connectivity index (χ2v) is 16.0. The monoisotopic (exact) mass is 728 g/mol. The summed E-state index contributed by atoms with van der Waals surface area (Å²) in [7, 11) is 0. The number of carbonyl (C=O) groups excluding carboxylic acids is 2. The van der Waals surface area contributed by atoms with E-state index < -0.39 is 5.60 Å². The Morgan fingerprint density at radius 3 is 2.45 bits per heavy atom. The quantitative estimate of drug-likeness (QED) is 0.154. The average molecular weight is 729 g/mol. The van der Waals surface area contributed by atoms with E-state index in [9.17, 15) is 9.59 Å². The van der Waals surface area contributed by atoms with E-state index in [1.54, 1.807) is 11.3 Å². The second-order valence-electron chi connectivity index (χ2n) is 14.5. The first-order chi connectivity index (χ1) is 24.5. The third-order valence-corrected chi connectivity index (χ3v) is 11.1. The Kier molecular flexibility index (Phi) is 10.1. The summed E-state index contributed by atoms with van der Waals surface area (Å²) in [5.74, 6) is -0.0694. The van der Waals surface area contributed by atoms with Crippen molar-refractivity contribution in [3.05, 3.63) is 70.4 Å². The van der Waals surface area contributed by atoms with Crippen molar-refractivity contribution in [2.45, 2.75) is 90.9 Å². The molecule has 2 saturated heterocycles. The molecule has 4 heterocycles. The van der Waals surface area contributed by atoms with E-state index in [0.29, 0.717) is 24.7 Å². The number of thiazole rings is 1. The molecule has 51 heavy (non-hydrogen) atoms. The Labute approximate surface area is 307 Å². The van der Waals surface area contributed by atoms with E-state index in [2.05, 4.69) is 28.9 Å². The molecule has 2 aliphatic rings. The van der Waals surface area contributed by atoms with Crippen LogP contribution in [-0.4, -0.2) is 63.6 Å². The third-order valence-electron chi connectivity index (χ3n) is 9.71. The van der Waals surface area contributed by atoms with Gasteiger partial charge in [0, 0.05) is 47.2 Å². The zero-order chi connectivity index (χ0) is 35.9. The number of fused-ring (bicyclic) bond motifs is 2. The molecule has 0 spiro atoms. The van der Waals surface area contributed by atoms with Crippen molar-refractivity contribution in [3.63, 3.8) is 0 Å². The van der Waals surface area contributed by atoms with Crippen LogP contribution < -0.4 is 0 Å². The number of carbonyl (C=O) groups is 2. The lowest BCUT2D eigenvalue weighted by Gasteiger charge is -2.33. The van der Waals surface area contributed by atoms with Gasteiger partial charge in [-0.3, -0.25) is 4.79 Å². The fourth-order valence-corrected chi connectivity index (χ4v) is 8.52. The number of aryl methyl sites for hydroxylation is 1. The molecule has 7 rings (SSSR count). The molecular formula is C40H45ClN4O5S. The smallest absolute Gasteiger partial charge is 0.410 e. The van der Waals surface area contributed by atoms with Crippen molar-refractivity contribution < 1.29 is 23.8 Å². The highest BCUT2D eigenvalue weighted by atomic mass is 35.5. The van der Waals surface area contributed by atoms with Crippen LogP contribution in [0, 0.1) is 6.92 Å². The molecule has 3 aromatic carbocycles. The largest absolute Gasteiger partial charge is 0.466 e. The summed E-state index contributed by atoms with van der Waals surface area (Å²) in [4.78, 5) is 32.6. The topological polar surface area (TPSA) is 95.8 Å². The van der Waals surface area contributed by atoms with Gasteiger partial charge in [0.15, 0.2) is 6.23 Å². The molecule has 11 heteroatoms.